The van der Waals surface area contributed by atoms with Crippen LogP contribution in [0.25, 0.3) is 17.3 Å². The summed E-state index contributed by atoms with van der Waals surface area (Å²) < 4.78 is 7.18. The highest BCUT2D eigenvalue weighted by Crippen LogP contribution is 2.12. The molecule has 2 heterocycles. The Morgan fingerprint density at radius 2 is 1.79 bits per heavy atom. The van der Waals surface area contributed by atoms with Gasteiger partial charge in [0.1, 0.15) is 10.7 Å². The van der Waals surface area contributed by atoms with Crippen LogP contribution < -0.4 is 14.8 Å². The lowest BCUT2D eigenvalue weighted by Crippen LogP contribution is -2.42. The van der Waals surface area contributed by atoms with Crippen molar-refractivity contribution in [2.45, 2.75) is 0 Å². The Balaban J connectivity index is 1.94. The summed E-state index contributed by atoms with van der Waals surface area (Å²) in [6.45, 7) is 1.51. The van der Waals surface area contributed by atoms with Gasteiger partial charge in [-0.25, -0.2) is 0 Å². The molecule has 1 aliphatic heterocycles. The summed E-state index contributed by atoms with van der Waals surface area (Å²) in [4.78, 5) is 38.4. The molecule has 4 rings (SSSR count). The minimum absolute atomic E-state index is 0.0584. The fourth-order valence-corrected chi connectivity index (χ4v) is 4.51. The van der Waals surface area contributed by atoms with E-state index in [4.69, 9.17) is 4.74 Å². The fraction of sp³-hybridized carbons (Fsp3) is 0.174. The van der Waals surface area contributed by atoms with Gasteiger partial charge in [0.15, 0.2) is 5.57 Å². The molecule has 1 aliphatic rings. The van der Waals surface area contributed by atoms with E-state index < -0.39 is 10.8 Å². The molecule has 0 atom stereocenters. The Bertz CT molecular complexity index is 1410. The number of non-ortho nitro benzene ring substituents is 1. The standard InChI is InChI=1S/C23H18N4O5S/c24-15-19(21(28)25-10-12-32-13-11-25)23-26(17-4-2-1-3-5-17)22(29)20(33-23)14-16-6-8-18(9-7-16)27(30)31/h1-9,14H,10-13H2. The maximum atomic E-state index is 13.4. The Morgan fingerprint density at radius 1 is 1.12 bits per heavy atom. The van der Waals surface area contributed by atoms with E-state index in [-0.39, 0.29) is 21.5 Å². The highest BCUT2D eigenvalue weighted by atomic mass is 32.1. The van der Waals surface area contributed by atoms with Gasteiger partial charge in [-0.3, -0.25) is 24.3 Å². The fourth-order valence-electron chi connectivity index (χ4n) is 3.42. The predicted octanol–water partition coefficient (Wildman–Crippen LogP) is 1.17. The largest absolute Gasteiger partial charge is 0.378 e. The predicted molar refractivity (Wildman–Crippen MR) is 122 cm³/mol. The second kappa shape index (κ2) is 9.60. The summed E-state index contributed by atoms with van der Waals surface area (Å²) in [7, 11) is 0. The van der Waals surface area contributed by atoms with Gasteiger partial charge in [-0.05, 0) is 35.9 Å². The number of aromatic nitrogens is 1. The van der Waals surface area contributed by atoms with E-state index in [0.29, 0.717) is 42.1 Å². The SMILES string of the molecule is N#CC(C(=O)N1CCOCC1)=c1sc(=Cc2ccc([N+](=O)[O-])cc2)c(=O)n1-c1ccccc1. The van der Waals surface area contributed by atoms with Gasteiger partial charge in [0, 0.05) is 25.2 Å². The summed E-state index contributed by atoms with van der Waals surface area (Å²) in [5.41, 5.74) is 0.550. The number of hydrogen-bond donors (Lipinski definition) is 0. The molecule has 0 spiro atoms. The first-order chi connectivity index (χ1) is 16.0. The molecule has 2 aromatic carbocycles. The Morgan fingerprint density at radius 3 is 2.39 bits per heavy atom. The molecule has 0 radical (unpaired) electrons. The van der Waals surface area contributed by atoms with E-state index >= 15 is 0 Å². The van der Waals surface area contributed by atoms with Crippen LogP contribution in [-0.2, 0) is 9.53 Å². The molecule has 33 heavy (non-hydrogen) atoms. The average molecular weight is 462 g/mol. The first-order valence-electron chi connectivity index (χ1n) is 10.0. The third kappa shape index (κ3) is 4.59. The van der Waals surface area contributed by atoms with Crippen molar-refractivity contribution in [3.8, 4) is 11.8 Å². The summed E-state index contributed by atoms with van der Waals surface area (Å²) in [5.74, 6) is -0.450. The van der Waals surface area contributed by atoms with Gasteiger partial charge in [0.05, 0.1) is 28.4 Å². The number of thiazole rings is 1. The van der Waals surface area contributed by atoms with E-state index in [1.807, 2.05) is 6.07 Å². The highest BCUT2D eigenvalue weighted by molar-refractivity contribution is 7.07. The van der Waals surface area contributed by atoms with Crippen molar-refractivity contribution < 1.29 is 14.5 Å². The van der Waals surface area contributed by atoms with Gasteiger partial charge in [-0.2, -0.15) is 5.26 Å². The van der Waals surface area contributed by atoms with Crippen LogP contribution in [0.4, 0.5) is 5.69 Å². The van der Waals surface area contributed by atoms with Crippen molar-refractivity contribution >= 4 is 34.6 Å². The molecule has 1 saturated heterocycles. The number of nitrogens with zero attached hydrogens (tertiary/aromatic N) is 4. The van der Waals surface area contributed by atoms with Crippen LogP contribution in [0.2, 0.25) is 0 Å². The number of nitro groups is 1. The molecule has 1 aromatic heterocycles. The van der Waals surface area contributed by atoms with E-state index in [2.05, 4.69) is 0 Å². The molecule has 0 bridgehead atoms. The van der Waals surface area contributed by atoms with Crippen molar-refractivity contribution in [3.63, 3.8) is 0 Å². The normalized spacial score (nSPS) is 15.1. The molecule has 1 fully saturated rings. The van der Waals surface area contributed by atoms with Crippen LogP contribution in [0.1, 0.15) is 5.56 Å². The molecular weight excluding hydrogens is 444 g/mol. The molecule has 0 unspecified atom stereocenters. The number of amides is 1. The topological polar surface area (TPSA) is 118 Å². The Kier molecular flexibility index (Phi) is 6.44. The number of nitro benzene ring substituents is 1. The maximum absolute atomic E-state index is 13.4. The minimum Gasteiger partial charge on any atom is -0.378 e. The maximum Gasteiger partial charge on any atom is 0.273 e. The number of ether oxygens (including phenoxy) is 1. The molecule has 0 saturated carbocycles. The zero-order valence-corrected chi connectivity index (χ0v) is 18.2. The van der Waals surface area contributed by atoms with Crippen LogP contribution in [0.15, 0.2) is 59.4 Å². The molecule has 9 nitrogen and oxygen atoms in total. The van der Waals surface area contributed by atoms with Crippen LogP contribution in [0.5, 0.6) is 0 Å². The second-order valence-electron chi connectivity index (χ2n) is 7.13. The summed E-state index contributed by atoms with van der Waals surface area (Å²) >= 11 is 1.03. The monoisotopic (exact) mass is 462 g/mol. The lowest BCUT2D eigenvalue weighted by Gasteiger charge is -2.26. The van der Waals surface area contributed by atoms with E-state index in [0.717, 1.165) is 11.3 Å². The number of carbonyl (C=O) groups excluding carboxylic acids is 1. The van der Waals surface area contributed by atoms with E-state index in [1.54, 1.807) is 41.3 Å². The van der Waals surface area contributed by atoms with Crippen LogP contribution >= 0.6 is 11.3 Å². The third-order valence-corrected chi connectivity index (χ3v) is 6.17. The average Bonchev–Trinajstić information content (AvgIpc) is 3.16. The highest BCUT2D eigenvalue weighted by Gasteiger charge is 2.24. The number of morpholine rings is 1. The van der Waals surface area contributed by atoms with Crippen molar-refractivity contribution in [1.29, 1.82) is 5.26 Å². The lowest BCUT2D eigenvalue weighted by molar-refractivity contribution is -0.384. The number of benzene rings is 2. The van der Waals surface area contributed by atoms with Crippen molar-refractivity contribution in [2.75, 3.05) is 26.3 Å². The van der Waals surface area contributed by atoms with Gasteiger partial charge in [-0.15, -0.1) is 11.3 Å². The van der Waals surface area contributed by atoms with Crippen LogP contribution in [-0.4, -0.2) is 46.6 Å². The Hall–Kier alpha value is -4.07. The quantitative estimate of drug-likeness (QED) is 0.424. The van der Waals surface area contributed by atoms with Gasteiger partial charge in [0.25, 0.3) is 17.2 Å². The molecule has 166 valence electrons. The van der Waals surface area contributed by atoms with Gasteiger partial charge in [-0.1, -0.05) is 18.2 Å². The van der Waals surface area contributed by atoms with Gasteiger partial charge < -0.3 is 9.64 Å². The number of carbonyl (C=O) groups is 1. The number of nitriles is 1. The summed E-state index contributed by atoms with van der Waals surface area (Å²) in [6, 6.07) is 16.6. The summed E-state index contributed by atoms with van der Waals surface area (Å²) in [5, 5.41) is 20.8. The second-order valence-corrected chi connectivity index (χ2v) is 8.16. The molecule has 10 heteroatoms. The van der Waals surface area contributed by atoms with Gasteiger partial charge >= 0.3 is 0 Å². The van der Waals surface area contributed by atoms with Crippen molar-refractivity contribution in [2.24, 2.45) is 0 Å². The number of hydrogen-bond acceptors (Lipinski definition) is 7. The Labute approximate surface area is 191 Å². The lowest BCUT2D eigenvalue weighted by atomic mass is 10.2. The van der Waals surface area contributed by atoms with Crippen molar-refractivity contribution in [3.05, 3.63) is 89.8 Å². The minimum atomic E-state index is -0.499. The van der Waals surface area contributed by atoms with E-state index in [1.165, 1.54) is 28.8 Å². The zero-order valence-electron chi connectivity index (χ0n) is 17.3. The van der Waals surface area contributed by atoms with E-state index in [9.17, 15) is 25.0 Å². The van der Waals surface area contributed by atoms with Crippen LogP contribution in [0.3, 0.4) is 0 Å². The number of rotatable bonds is 4. The van der Waals surface area contributed by atoms with Crippen molar-refractivity contribution in [1.82, 2.24) is 9.47 Å². The van der Waals surface area contributed by atoms with Gasteiger partial charge in [0.2, 0.25) is 0 Å². The molecule has 1 amide bonds. The zero-order chi connectivity index (χ0) is 23.4. The first kappa shape index (κ1) is 22.1. The van der Waals surface area contributed by atoms with Crippen LogP contribution in [0, 0.1) is 21.4 Å². The molecule has 0 N–H and O–H groups in total. The smallest absolute Gasteiger partial charge is 0.273 e. The molecule has 3 aromatic rings. The molecular formula is C23H18N4O5S. The molecule has 0 aliphatic carbocycles. The number of para-hydroxylation sites is 1. The third-order valence-electron chi connectivity index (χ3n) is 5.08. The summed E-state index contributed by atoms with van der Waals surface area (Å²) in [6.07, 6.45) is 1.59. The first-order valence-corrected chi connectivity index (χ1v) is 10.9.